The molecule has 2 fully saturated rings. The van der Waals surface area contributed by atoms with E-state index in [1.165, 1.54) is 36.0 Å². The zero-order chi connectivity index (χ0) is 43.2. The molecule has 2 aliphatic rings. The number of imidazole rings is 2. The molecule has 7 aromatic rings. The molecule has 316 valence electrons. The van der Waals surface area contributed by atoms with Crippen LogP contribution in [0.25, 0.3) is 49.2 Å². The van der Waals surface area contributed by atoms with Crippen LogP contribution in [0.2, 0.25) is 0 Å². The number of carbonyl (C=O) groups excluding carboxylic acids is 1. The third-order valence-electron chi connectivity index (χ3n) is 10.7. The number of ether oxygens (including phenoxy) is 1. The van der Waals surface area contributed by atoms with E-state index in [-0.39, 0.29) is 40.4 Å². The second kappa shape index (κ2) is 18.5. The molecule has 3 aromatic heterocycles. The van der Waals surface area contributed by atoms with Crippen LogP contribution < -0.4 is 26.8 Å². The molecule has 2 saturated heterocycles. The van der Waals surface area contributed by atoms with Gasteiger partial charge in [-0.05, 0) is 75.6 Å². The van der Waals surface area contributed by atoms with Gasteiger partial charge in [0.15, 0.2) is 0 Å². The van der Waals surface area contributed by atoms with Gasteiger partial charge in [-0.25, -0.2) is 23.6 Å². The van der Waals surface area contributed by atoms with Crippen LogP contribution in [0.1, 0.15) is 12.7 Å². The number of pyridine rings is 1. The van der Waals surface area contributed by atoms with E-state index in [9.17, 15) is 18.4 Å². The first-order valence-electron chi connectivity index (χ1n) is 19.9. The van der Waals surface area contributed by atoms with Crippen molar-refractivity contribution in [3.05, 3.63) is 112 Å². The number of carbonyl (C=O) groups is 1. The lowest BCUT2D eigenvalue weighted by atomic mass is 10.1. The van der Waals surface area contributed by atoms with Gasteiger partial charge >= 0.3 is 5.97 Å². The molecule has 4 aromatic carbocycles. The predicted molar refractivity (Wildman–Crippen MR) is 237 cm³/mol. The van der Waals surface area contributed by atoms with E-state index in [0.29, 0.717) is 23.8 Å². The van der Waals surface area contributed by atoms with Crippen molar-refractivity contribution in [2.75, 3.05) is 94.3 Å². The zero-order valence-corrected chi connectivity index (χ0v) is 34.3. The molecule has 0 spiro atoms. The molecule has 2 aliphatic heterocycles. The number of hydrogen-bond acceptors (Lipinski definition) is 11. The van der Waals surface area contributed by atoms with Crippen molar-refractivity contribution in [1.29, 1.82) is 0 Å². The Morgan fingerprint density at radius 2 is 1.34 bits per heavy atom. The number of H-pyrrole nitrogens is 3. The van der Waals surface area contributed by atoms with Gasteiger partial charge in [-0.1, -0.05) is 18.2 Å². The number of piperazine rings is 2. The van der Waals surface area contributed by atoms with Gasteiger partial charge in [0.25, 0.3) is 5.56 Å². The van der Waals surface area contributed by atoms with Crippen molar-refractivity contribution in [2.45, 2.75) is 13.3 Å². The average Bonchev–Trinajstić information content (AvgIpc) is 3.85. The SMILES string of the molecule is CCOC(=O)Cc1nc2ccc(N3CCN(C)CC3)cc2[nH]1.CN1CCN(c2ccc3nc(-c4c(N)c5c(F)cccc5[nH]c4=O)[nH]c3c2)CC1.[C-]#[N+]c1c(N)cccc1F. The molecule has 15 nitrogen and oxygen atoms in total. The van der Waals surface area contributed by atoms with Gasteiger partial charge in [0, 0.05) is 69.4 Å². The van der Waals surface area contributed by atoms with E-state index in [2.05, 4.69) is 75.6 Å². The number of anilines is 4. The highest BCUT2D eigenvalue weighted by Crippen LogP contribution is 2.31. The number of esters is 1. The van der Waals surface area contributed by atoms with Gasteiger partial charge in [0.1, 0.15) is 35.3 Å². The van der Waals surface area contributed by atoms with E-state index in [0.717, 1.165) is 80.1 Å². The molecule has 61 heavy (non-hydrogen) atoms. The van der Waals surface area contributed by atoms with Crippen molar-refractivity contribution in [3.63, 3.8) is 0 Å². The number of likely N-dealkylation sites (N-methyl/N-ethyl adjacent to an activating group) is 2. The second-order valence-corrected chi connectivity index (χ2v) is 14.9. The van der Waals surface area contributed by atoms with Crippen LogP contribution in [-0.2, 0) is 16.0 Å². The minimum absolute atomic E-state index is 0.0835. The summed E-state index contributed by atoms with van der Waals surface area (Å²) in [6.45, 7) is 16.9. The third-order valence-corrected chi connectivity index (χ3v) is 10.7. The van der Waals surface area contributed by atoms with Crippen LogP contribution in [-0.4, -0.2) is 114 Å². The summed E-state index contributed by atoms with van der Waals surface area (Å²) in [5.41, 5.74) is 17.5. The number of nitrogen functional groups attached to an aromatic ring is 2. The summed E-state index contributed by atoms with van der Waals surface area (Å²) in [4.78, 5) is 54.6. The maximum atomic E-state index is 14.3. The normalized spacial score (nSPS) is 14.6. The van der Waals surface area contributed by atoms with Crippen LogP contribution in [0.4, 0.5) is 37.2 Å². The maximum absolute atomic E-state index is 14.3. The molecule has 17 heteroatoms. The first kappa shape index (κ1) is 42.1. The summed E-state index contributed by atoms with van der Waals surface area (Å²) in [7, 11) is 4.27. The molecule has 0 radical (unpaired) electrons. The number of fused-ring (bicyclic) bond motifs is 3. The largest absolute Gasteiger partial charge is 0.466 e. The van der Waals surface area contributed by atoms with Gasteiger partial charge in [-0.15, -0.1) is 0 Å². The Morgan fingerprint density at radius 3 is 1.92 bits per heavy atom. The molecular weight excluding hydrogens is 783 g/mol. The molecule has 0 amide bonds. The summed E-state index contributed by atoms with van der Waals surface area (Å²) >= 11 is 0. The topological polar surface area (TPSA) is 186 Å². The molecule has 0 saturated carbocycles. The average molecular weight is 831 g/mol. The summed E-state index contributed by atoms with van der Waals surface area (Å²) in [5, 5.41) is 0.195. The lowest BCUT2D eigenvalue weighted by Gasteiger charge is -2.34. The Labute approximate surface area is 350 Å². The monoisotopic (exact) mass is 830 g/mol. The molecular formula is C44H48F2N12O3. The van der Waals surface area contributed by atoms with E-state index in [4.69, 9.17) is 22.8 Å². The van der Waals surface area contributed by atoms with Crippen LogP contribution >= 0.6 is 0 Å². The lowest BCUT2D eigenvalue weighted by molar-refractivity contribution is -0.142. The van der Waals surface area contributed by atoms with Gasteiger partial charge in [-0.3, -0.25) is 9.59 Å². The summed E-state index contributed by atoms with van der Waals surface area (Å²) < 4.78 is 31.8. The fraction of sp³-hybridized carbons (Fsp3) is 0.295. The highest BCUT2D eigenvalue weighted by atomic mass is 19.1. The number of halogens is 2. The summed E-state index contributed by atoms with van der Waals surface area (Å²) in [5.74, 6) is -0.301. The van der Waals surface area contributed by atoms with Crippen LogP contribution in [0.5, 0.6) is 0 Å². The van der Waals surface area contributed by atoms with E-state index < -0.39 is 17.2 Å². The smallest absolute Gasteiger partial charge is 0.313 e. The molecule has 0 unspecified atom stereocenters. The Bertz CT molecular complexity index is 2760. The van der Waals surface area contributed by atoms with Crippen molar-refractivity contribution in [1.82, 2.24) is 34.7 Å². The first-order chi connectivity index (χ1) is 29.4. The second-order valence-electron chi connectivity index (χ2n) is 14.9. The van der Waals surface area contributed by atoms with E-state index >= 15 is 0 Å². The van der Waals surface area contributed by atoms with Crippen molar-refractivity contribution < 1.29 is 18.3 Å². The Hall–Kier alpha value is -7.03. The Kier molecular flexibility index (Phi) is 12.8. The summed E-state index contributed by atoms with van der Waals surface area (Å²) in [6.07, 6.45) is 0.187. The first-order valence-corrected chi connectivity index (χ1v) is 19.9. The highest BCUT2D eigenvalue weighted by Gasteiger charge is 2.20. The number of nitrogens with one attached hydrogen (secondary N) is 3. The lowest BCUT2D eigenvalue weighted by Crippen LogP contribution is -2.44. The predicted octanol–water partition coefficient (Wildman–Crippen LogP) is 5.92. The van der Waals surface area contributed by atoms with Gasteiger partial charge in [0.05, 0.1) is 51.8 Å². The Balaban J connectivity index is 0.000000154. The standard InChI is InChI=1S/C21H21FN6O.C16H22N4O2.C7H5FN2/c1-27-7-9-28(10-8-27)12-5-6-14-16(11-12)25-20(24-14)18-19(23)17-13(22)3-2-4-15(17)26-21(18)29;1-3-22-16(21)11-15-17-13-5-4-12(10-14(13)18-15)20-8-6-19(2)7-9-20;1-10-7-5(8)3-2-4-6(7)9/h2-6,11H,7-10H2,1H3,(H,24,25)(H3,23,26,29);4-5,10H,3,6-9,11H2,1-2H3,(H,17,18);2-4H,9H2. The zero-order valence-electron chi connectivity index (χ0n) is 34.3. The van der Waals surface area contributed by atoms with Gasteiger partial charge in [0.2, 0.25) is 5.69 Å². The number of aromatic nitrogens is 5. The number of para-hydroxylation sites is 1. The number of rotatable bonds is 6. The molecule has 0 aliphatic carbocycles. The molecule has 9 rings (SSSR count). The highest BCUT2D eigenvalue weighted by molar-refractivity contribution is 5.98. The third kappa shape index (κ3) is 9.56. The van der Waals surface area contributed by atoms with Gasteiger partial charge in [-0.2, -0.15) is 0 Å². The minimum atomic E-state index is -0.560. The molecule has 5 heterocycles. The van der Waals surface area contributed by atoms with Crippen LogP contribution in [0, 0.1) is 18.2 Å². The fourth-order valence-electron chi connectivity index (χ4n) is 7.34. The van der Waals surface area contributed by atoms with E-state index in [1.54, 1.807) is 13.0 Å². The van der Waals surface area contributed by atoms with Crippen LogP contribution in [0.3, 0.4) is 0 Å². The molecule has 0 bridgehead atoms. The van der Waals surface area contributed by atoms with E-state index in [1.807, 2.05) is 24.3 Å². The number of hydrogen-bond donors (Lipinski definition) is 5. The molecule has 0 atom stereocenters. The molecule has 7 N–H and O–H groups in total. The van der Waals surface area contributed by atoms with Crippen LogP contribution in [0.15, 0.2) is 77.6 Å². The summed E-state index contributed by atoms with van der Waals surface area (Å²) in [6, 6.07) is 20.9. The Morgan fingerprint density at radius 1 is 0.770 bits per heavy atom. The van der Waals surface area contributed by atoms with Crippen molar-refractivity contribution in [2.24, 2.45) is 0 Å². The maximum Gasteiger partial charge on any atom is 0.313 e. The van der Waals surface area contributed by atoms with Crippen molar-refractivity contribution >= 4 is 67.4 Å². The number of benzene rings is 4. The minimum Gasteiger partial charge on any atom is -0.466 e. The fourth-order valence-corrected chi connectivity index (χ4v) is 7.34. The number of aromatic amines is 3. The number of nitrogens with two attached hydrogens (primary N) is 2. The quantitative estimate of drug-likeness (QED) is 0.0761. The van der Waals surface area contributed by atoms with Crippen molar-refractivity contribution in [3.8, 4) is 11.4 Å². The number of nitrogens with zero attached hydrogens (tertiary/aromatic N) is 7. The van der Waals surface area contributed by atoms with Gasteiger partial charge < -0.3 is 50.8 Å².